The number of rotatable bonds is 10. The summed E-state index contributed by atoms with van der Waals surface area (Å²) in [5.41, 5.74) is 1.30. The topological polar surface area (TPSA) is 112 Å². The molecule has 0 spiro atoms. The predicted molar refractivity (Wildman–Crippen MR) is 114 cm³/mol. The molecule has 1 aliphatic rings. The first-order valence-corrected chi connectivity index (χ1v) is 11.5. The first kappa shape index (κ1) is 24.5. The van der Waals surface area contributed by atoms with E-state index in [4.69, 9.17) is 5.11 Å². The number of carbonyl (C=O) groups excluding carboxylic acids is 2. The van der Waals surface area contributed by atoms with E-state index in [0.29, 0.717) is 4.31 Å². The quantitative estimate of drug-likeness (QED) is 0.413. The lowest BCUT2D eigenvalue weighted by molar-refractivity contribution is -0.165. The summed E-state index contributed by atoms with van der Waals surface area (Å²) >= 11 is 0. The number of hydrogen-bond acceptors (Lipinski definition) is 5. The summed E-state index contributed by atoms with van der Waals surface area (Å²) < 4.78 is 54.1. The number of sulfonamides is 1. The molecule has 2 aromatic rings. The van der Waals surface area contributed by atoms with E-state index in [-0.39, 0.29) is 35.4 Å². The van der Waals surface area contributed by atoms with E-state index in [1.807, 2.05) is 0 Å². The van der Waals surface area contributed by atoms with Crippen LogP contribution in [0.15, 0.2) is 53.4 Å². The average Bonchev–Trinajstić information content (AvgIpc) is 3.00. The van der Waals surface area contributed by atoms with Crippen LogP contribution in [-0.4, -0.2) is 66.1 Å². The van der Waals surface area contributed by atoms with Gasteiger partial charge in [-0.1, -0.05) is 29.8 Å². The van der Waals surface area contributed by atoms with Crippen molar-refractivity contribution in [3.8, 4) is 0 Å². The third-order valence-electron chi connectivity index (χ3n) is 5.26. The van der Waals surface area contributed by atoms with Gasteiger partial charge in [-0.3, -0.25) is 14.5 Å². The smallest absolute Gasteiger partial charge is 0.376 e. The van der Waals surface area contributed by atoms with Crippen molar-refractivity contribution in [2.45, 2.75) is 30.6 Å². The summed E-state index contributed by atoms with van der Waals surface area (Å²) in [7, 11) is -4.41. The summed E-state index contributed by atoms with van der Waals surface area (Å²) in [6.45, 7) is -0.250. The highest BCUT2D eigenvalue weighted by Crippen LogP contribution is 2.25. The molecule has 3 rings (SSSR count). The molecular formula is C22H22F2N2O6S. The van der Waals surface area contributed by atoms with E-state index >= 15 is 0 Å². The molecule has 0 fully saturated rings. The fourth-order valence-corrected chi connectivity index (χ4v) is 4.91. The Balaban J connectivity index is 1.71. The molecule has 0 atom stereocenters. The van der Waals surface area contributed by atoms with Crippen molar-refractivity contribution >= 4 is 27.8 Å². The maximum absolute atomic E-state index is 13.9. The number of benzene rings is 2. The zero-order valence-corrected chi connectivity index (χ0v) is 18.5. The van der Waals surface area contributed by atoms with Crippen LogP contribution in [0, 0.1) is 6.92 Å². The number of alkyl halides is 2. The average molecular weight is 480 g/mol. The van der Waals surface area contributed by atoms with E-state index < -0.39 is 46.8 Å². The molecule has 0 saturated carbocycles. The molecule has 33 heavy (non-hydrogen) atoms. The van der Waals surface area contributed by atoms with Crippen LogP contribution in [0.3, 0.4) is 0 Å². The van der Waals surface area contributed by atoms with Gasteiger partial charge in [-0.2, -0.15) is 13.1 Å². The molecule has 1 heterocycles. The molecule has 0 unspecified atom stereocenters. The summed E-state index contributed by atoms with van der Waals surface area (Å²) in [5, 5.41) is 8.77. The summed E-state index contributed by atoms with van der Waals surface area (Å²) in [4.78, 5) is 36.5. The largest absolute Gasteiger partial charge is 0.477 e. The number of aliphatic carboxylic acids is 1. The van der Waals surface area contributed by atoms with E-state index in [2.05, 4.69) is 0 Å². The Hall–Kier alpha value is -3.18. The van der Waals surface area contributed by atoms with Crippen LogP contribution in [0.2, 0.25) is 0 Å². The third-order valence-corrected chi connectivity index (χ3v) is 7.12. The van der Waals surface area contributed by atoms with Gasteiger partial charge in [0.1, 0.15) is 0 Å². The number of nitrogens with zero attached hydrogens (tertiary/aromatic N) is 2. The fourth-order valence-electron chi connectivity index (χ4n) is 3.43. The zero-order chi connectivity index (χ0) is 24.4. The number of hydrogen-bond donors (Lipinski definition) is 1. The number of carbonyl (C=O) groups is 3. The molecule has 0 aliphatic carbocycles. The van der Waals surface area contributed by atoms with Crippen molar-refractivity contribution in [2.24, 2.45) is 0 Å². The molecule has 0 aromatic heterocycles. The lowest BCUT2D eigenvalue weighted by Crippen LogP contribution is -2.45. The highest BCUT2D eigenvalue weighted by Gasteiger charge is 2.44. The molecule has 176 valence electrons. The Morgan fingerprint density at radius 2 is 1.55 bits per heavy atom. The molecule has 0 bridgehead atoms. The Kier molecular flexibility index (Phi) is 6.94. The molecular weight excluding hydrogens is 458 g/mol. The van der Waals surface area contributed by atoms with Gasteiger partial charge in [-0.25, -0.2) is 13.2 Å². The van der Waals surface area contributed by atoms with Crippen molar-refractivity contribution in [3.63, 3.8) is 0 Å². The van der Waals surface area contributed by atoms with Gasteiger partial charge in [-0.05, 0) is 44.0 Å². The number of carboxylic acid groups (broad SMARTS) is 1. The highest BCUT2D eigenvalue weighted by atomic mass is 32.2. The molecule has 0 saturated heterocycles. The van der Waals surface area contributed by atoms with E-state index in [0.717, 1.165) is 10.5 Å². The molecule has 1 N–H and O–H groups in total. The second-order valence-electron chi connectivity index (χ2n) is 7.68. The SMILES string of the molecule is Cc1ccc(S(=O)(=O)N(CCCCN2C(=O)c3ccccc3C2=O)CC(F)(F)C(=O)O)cc1. The van der Waals surface area contributed by atoms with E-state index in [9.17, 15) is 31.6 Å². The lowest BCUT2D eigenvalue weighted by atomic mass is 10.1. The number of amides is 2. The van der Waals surface area contributed by atoms with Crippen LogP contribution in [-0.2, 0) is 14.8 Å². The highest BCUT2D eigenvalue weighted by molar-refractivity contribution is 7.89. The van der Waals surface area contributed by atoms with Crippen LogP contribution < -0.4 is 0 Å². The van der Waals surface area contributed by atoms with Gasteiger partial charge < -0.3 is 5.11 Å². The Bertz CT molecular complexity index is 1150. The Labute approximate surface area is 189 Å². The first-order chi connectivity index (χ1) is 15.4. The van der Waals surface area contributed by atoms with E-state index in [1.54, 1.807) is 19.1 Å². The summed E-state index contributed by atoms with van der Waals surface area (Å²) in [6.07, 6.45) is 0.165. The molecule has 11 heteroatoms. The molecule has 1 aliphatic heterocycles. The second kappa shape index (κ2) is 9.36. The van der Waals surface area contributed by atoms with E-state index in [1.165, 1.54) is 36.4 Å². The van der Waals surface area contributed by atoms with Gasteiger partial charge in [0.15, 0.2) is 0 Å². The van der Waals surface area contributed by atoms with Crippen LogP contribution in [0.25, 0.3) is 0 Å². The van der Waals surface area contributed by atoms with Gasteiger partial charge in [0.05, 0.1) is 22.6 Å². The normalized spacial score (nSPS) is 14.1. The minimum atomic E-state index is -4.41. The maximum atomic E-state index is 13.9. The number of carboxylic acids is 1. The first-order valence-electron chi connectivity index (χ1n) is 10.1. The lowest BCUT2D eigenvalue weighted by Gasteiger charge is -2.25. The van der Waals surface area contributed by atoms with Crippen molar-refractivity contribution in [3.05, 3.63) is 65.2 Å². The van der Waals surface area contributed by atoms with Gasteiger partial charge in [-0.15, -0.1) is 0 Å². The van der Waals surface area contributed by atoms with Crippen LogP contribution in [0.4, 0.5) is 8.78 Å². The van der Waals surface area contributed by atoms with Crippen LogP contribution in [0.5, 0.6) is 0 Å². The molecule has 8 nitrogen and oxygen atoms in total. The van der Waals surface area contributed by atoms with Gasteiger partial charge in [0.2, 0.25) is 10.0 Å². The Morgan fingerprint density at radius 3 is 2.06 bits per heavy atom. The minimum Gasteiger partial charge on any atom is -0.477 e. The monoisotopic (exact) mass is 480 g/mol. The van der Waals surface area contributed by atoms with Gasteiger partial charge in [0, 0.05) is 13.1 Å². The number of unbranched alkanes of at least 4 members (excludes halogenated alkanes) is 1. The number of aryl methyl sites for hydroxylation is 1. The predicted octanol–water partition coefficient (Wildman–Crippen LogP) is 2.78. The van der Waals surface area contributed by atoms with Crippen LogP contribution >= 0.6 is 0 Å². The Morgan fingerprint density at radius 1 is 1.00 bits per heavy atom. The van der Waals surface area contributed by atoms with Gasteiger partial charge >= 0.3 is 11.9 Å². The molecule has 0 radical (unpaired) electrons. The standard InChI is InChI=1S/C22H22F2N2O6S/c1-15-8-10-16(11-9-15)33(31,32)25(14-22(23,24)21(29)30)12-4-5-13-26-19(27)17-6-2-3-7-18(17)20(26)28/h2-3,6-11H,4-5,12-14H2,1H3,(H,29,30). The molecule has 2 amide bonds. The number of fused-ring (bicyclic) bond motifs is 1. The fraction of sp³-hybridized carbons (Fsp3) is 0.318. The zero-order valence-electron chi connectivity index (χ0n) is 17.7. The molecule has 2 aromatic carbocycles. The number of imide groups is 1. The van der Waals surface area contributed by atoms with Crippen molar-refractivity contribution < 1.29 is 36.7 Å². The minimum absolute atomic E-state index is 0.0220. The summed E-state index contributed by atoms with van der Waals surface area (Å²) in [6, 6.07) is 11.8. The van der Waals surface area contributed by atoms with Gasteiger partial charge in [0.25, 0.3) is 11.8 Å². The maximum Gasteiger partial charge on any atom is 0.376 e. The van der Waals surface area contributed by atoms with Crippen molar-refractivity contribution in [1.29, 1.82) is 0 Å². The van der Waals surface area contributed by atoms with Crippen molar-refractivity contribution in [1.82, 2.24) is 9.21 Å². The van der Waals surface area contributed by atoms with Crippen molar-refractivity contribution in [2.75, 3.05) is 19.6 Å². The second-order valence-corrected chi connectivity index (χ2v) is 9.61. The number of halogens is 2. The summed E-state index contributed by atoms with van der Waals surface area (Å²) in [5.74, 6) is -7.67. The van der Waals surface area contributed by atoms with Crippen LogP contribution in [0.1, 0.15) is 39.1 Å². The third kappa shape index (κ3) is 5.09.